The summed E-state index contributed by atoms with van der Waals surface area (Å²) in [7, 11) is 0. The minimum atomic E-state index is -0.734. The first kappa shape index (κ1) is 15.3. The van der Waals surface area contributed by atoms with Gasteiger partial charge in [0.15, 0.2) is 0 Å². The molecule has 6 heteroatoms. The lowest BCUT2D eigenvalue weighted by Gasteiger charge is -2.31. The van der Waals surface area contributed by atoms with Crippen molar-refractivity contribution < 1.29 is 9.90 Å². The third-order valence-corrected chi connectivity index (χ3v) is 4.07. The van der Waals surface area contributed by atoms with Crippen molar-refractivity contribution >= 4 is 23.3 Å². The Morgan fingerprint density at radius 1 is 1.30 bits per heavy atom. The van der Waals surface area contributed by atoms with Crippen molar-refractivity contribution in [1.29, 1.82) is 0 Å². The van der Waals surface area contributed by atoms with Gasteiger partial charge in [-0.15, -0.1) is 0 Å². The maximum Gasteiger partial charge on any atom is 0.308 e. The van der Waals surface area contributed by atoms with Crippen LogP contribution in [-0.4, -0.2) is 34.1 Å². The van der Waals surface area contributed by atoms with Crippen LogP contribution in [0.5, 0.6) is 0 Å². The maximum atomic E-state index is 11.2. The fraction of sp³-hybridized carbons (Fsp3) is 0.353. The molecule has 0 unspecified atom stereocenters. The summed E-state index contributed by atoms with van der Waals surface area (Å²) in [6.07, 6.45) is 3.10. The van der Waals surface area contributed by atoms with E-state index in [0.29, 0.717) is 12.4 Å². The number of nitrogens with one attached hydrogen (secondary N) is 1. The second kappa shape index (κ2) is 6.64. The van der Waals surface area contributed by atoms with E-state index in [1.54, 1.807) is 0 Å². The number of benzene rings is 1. The average molecular weight is 312 g/mol. The molecule has 1 aliphatic heterocycles. The van der Waals surface area contributed by atoms with E-state index in [2.05, 4.69) is 15.3 Å². The molecular weight excluding hydrogens is 292 g/mol. The standard InChI is InChI=1S/C17H20N4O2/c1-12-4-6-14(7-5-12)20-15-9-16(19-11-18-15)21-8-2-3-13(10-21)17(22)23/h4-7,9,11,13H,2-3,8,10H2,1H3,(H,22,23)(H,18,19,20)/t13-/m0/s1. The zero-order chi connectivity index (χ0) is 16.2. The Labute approximate surface area is 135 Å². The molecule has 120 valence electrons. The number of carbonyl (C=O) groups is 1. The highest BCUT2D eigenvalue weighted by Gasteiger charge is 2.26. The quantitative estimate of drug-likeness (QED) is 0.904. The Balaban J connectivity index is 1.74. The number of piperidine rings is 1. The molecule has 2 heterocycles. The monoisotopic (exact) mass is 312 g/mol. The Kier molecular flexibility index (Phi) is 4.41. The summed E-state index contributed by atoms with van der Waals surface area (Å²) in [4.78, 5) is 21.7. The number of rotatable bonds is 4. The normalized spacial score (nSPS) is 17.8. The molecule has 1 aromatic heterocycles. The summed E-state index contributed by atoms with van der Waals surface area (Å²) in [5.74, 6) is 0.408. The number of carboxylic acid groups (broad SMARTS) is 1. The number of aromatic nitrogens is 2. The molecule has 1 fully saturated rings. The largest absolute Gasteiger partial charge is 0.481 e. The summed E-state index contributed by atoms with van der Waals surface area (Å²) in [5, 5.41) is 12.5. The summed E-state index contributed by atoms with van der Waals surface area (Å²) >= 11 is 0. The Bertz CT molecular complexity index is 687. The van der Waals surface area contributed by atoms with E-state index in [1.165, 1.54) is 11.9 Å². The van der Waals surface area contributed by atoms with E-state index in [4.69, 9.17) is 0 Å². The van der Waals surface area contributed by atoms with Gasteiger partial charge in [0.25, 0.3) is 0 Å². The number of hydrogen-bond donors (Lipinski definition) is 2. The topological polar surface area (TPSA) is 78.4 Å². The van der Waals surface area contributed by atoms with E-state index >= 15 is 0 Å². The smallest absolute Gasteiger partial charge is 0.308 e. The molecule has 1 atom stereocenters. The van der Waals surface area contributed by atoms with Crippen LogP contribution in [-0.2, 0) is 4.79 Å². The van der Waals surface area contributed by atoms with Crippen LogP contribution in [0.1, 0.15) is 18.4 Å². The average Bonchev–Trinajstić information content (AvgIpc) is 2.57. The van der Waals surface area contributed by atoms with Gasteiger partial charge in [0.2, 0.25) is 0 Å². The molecule has 1 aliphatic rings. The van der Waals surface area contributed by atoms with Gasteiger partial charge in [-0.2, -0.15) is 0 Å². The predicted octanol–water partition coefficient (Wildman–Crippen LogP) is 2.83. The molecule has 23 heavy (non-hydrogen) atoms. The van der Waals surface area contributed by atoms with Gasteiger partial charge in [0.1, 0.15) is 18.0 Å². The molecule has 0 amide bonds. The molecule has 1 aromatic carbocycles. The number of aliphatic carboxylic acids is 1. The lowest BCUT2D eigenvalue weighted by Crippen LogP contribution is -2.39. The van der Waals surface area contributed by atoms with E-state index in [9.17, 15) is 9.90 Å². The number of anilines is 3. The minimum Gasteiger partial charge on any atom is -0.481 e. The zero-order valence-electron chi connectivity index (χ0n) is 13.1. The van der Waals surface area contributed by atoms with Crippen molar-refractivity contribution in [2.45, 2.75) is 19.8 Å². The fourth-order valence-corrected chi connectivity index (χ4v) is 2.76. The summed E-state index contributed by atoms with van der Waals surface area (Å²) < 4.78 is 0. The lowest BCUT2D eigenvalue weighted by atomic mass is 9.98. The molecule has 1 saturated heterocycles. The number of hydrogen-bond acceptors (Lipinski definition) is 5. The number of aryl methyl sites for hydroxylation is 1. The highest BCUT2D eigenvalue weighted by Crippen LogP contribution is 2.24. The van der Waals surface area contributed by atoms with Crippen LogP contribution in [0, 0.1) is 12.8 Å². The zero-order valence-corrected chi connectivity index (χ0v) is 13.1. The van der Waals surface area contributed by atoms with E-state index < -0.39 is 5.97 Å². The van der Waals surface area contributed by atoms with Crippen molar-refractivity contribution in [1.82, 2.24) is 9.97 Å². The first-order valence-corrected chi connectivity index (χ1v) is 7.75. The van der Waals surface area contributed by atoms with E-state index in [1.807, 2.05) is 42.2 Å². The van der Waals surface area contributed by atoms with Gasteiger partial charge in [0.05, 0.1) is 5.92 Å². The summed E-state index contributed by atoms with van der Waals surface area (Å²) in [5.41, 5.74) is 2.16. The summed E-state index contributed by atoms with van der Waals surface area (Å²) in [6.45, 7) is 3.36. The molecule has 0 aliphatic carbocycles. The highest BCUT2D eigenvalue weighted by molar-refractivity contribution is 5.71. The molecule has 0 radical (unpaired) electrons. The molecule has 0 bridgehead atoms. The van der Waals surface area contributed by atoms with Crippen LogP contribution >= 0.6 is 0 Å². The van der Waals surface area contributed by atoms with Crippen LogP contribution in [0.15, 0.2) is 36.7 Å². The second-order valence-corrected chi connectivity index (χ2v) is 5.88. The van der Waals surface area contributed by atoms with Gasteiger partial charge in [-0.05, 0) is 31.9 Å². The van der Waals surface area contributed by atoms with Crippen molar-refractivity contribution in [2.24, 2.45) is 5.92 Å². The first-order valence-electron chi connectivity index (χ1n) is 7.75. The second-order valence-electron chi connectivity index (χ2n) is 5.88. The van der Waals surface area contributed by atoms with Crippen LogP contribution in [0.25, 0.3) is 0 Å². The molecule has 2 N–H and O–H groups in total. The van der Waals surface area contributed by atoms with Crippen molar-refractivity contribution in [3.63, 3.8) is 0 Å². The highest BCUT2D eigenvalue weighted by atomic mass is 16.4. The third-order valence-electron chi connectivity index (χ3n) is 4.07. The van der Waals surface area contributed by atoms with Crippen LogP contribution in [0.4, 0.5) is 17.3 Å². The molecule has 2 aromatic rings. The fourth-order valence-electron chi connectivity index (χ4n) is 2.76. The van der Waals surface area contributed by atoms with Crippen molar-refractivity contribution in [3.05, 3.63) is 42.2 Å². The lowest BCUT2D eigenvalue weighted by molar-refractivity contribution is -0.141. The molecule has 3 rings (SSSR count). The first-order chi connectivity index (χ1) is 11.1. The van der Waals surface area contributed by atoms with Crippen molar-refractivity contribution in [3.8, 4) is 0 Å². The van der Waals surface area contributed by atoms with Gasteiger partial charge in [0, 0.05) is 24.8 Å². The Morgan fingerprint density at radius 2 is 2.09 bits per heavy atom. The minimum absolute atomic E-state index is 0.327. The number of nitrogens with zero attached hydrogens (tertiary/aromatic N) is 3. The molecule has 6 nitrogen and oxygen atoms in total. The van der Waals surface area contributed by atoms with Gasteiger partial charge in [-0.1, -0.05) is 17.7 Å². The van der Waals surface area contributed by atoms with E-state index in [0.717, 1.165) is 30.9 Å². The maximum absolute atomic E-state index is 11.2. The molecular formula is C17H20N4O2. The van der Waals surface area contributed by atoms with Crippen molar-refractivity contribution in [2.75, 3.05) is 23.3 Å². The van der Waals surface area contributed by atoms with Crippen LogP contribution < -0.4 is 10.2 Å². The van der Waals surface area contributed by atoms with Crippen LogP contribution in [0.2, 0.25) is 0 Å². The van der Waals surface area contributed by atoms with Crippen LogP contribution in [0.3, 0.4) is 0 Å². The molecule has 0 saturated carbocycles. The van der Waals surface area contributed by atoms with Gasteiger partial charge >= 0.3 is 5.97 Å². The SMILES string of the molecule is Cc1ccc(Nc2cc(N3CCC[C@H](C(=O)O)C3)ncn2)cc1. The third kappa shape index (κ3) is 3.77. The molecule has 0 spiro atoms. The van der Waals surface area contributed by atoms with E-state index in [-0.39, 0.29) is 5.92 Å². The van der Waals surface area contributed by atoms with Gasteiger partial charge < -0.3 is 15.3 Å². The summed E-state index contributed by atoms with van der Waals surface area (Å²) in [6, 6.07) is 9.93. The number of carboxylic acids is 1. The Morgan fingerprint density at radius 3 is 2.83 bits per heavy atom. The van der Waals surface area contributed by atoms with Gasteiger partial charge in [-0.3, -0.25) is 4.79 Å². The predicted molar refractivity (Wildman–Crippen MR) is 89.1 cm³/mol. The Hall–Kier alpha value is -2.63. The van der Waals surface area contributed by atoms with Gasteiger partial charge in [-0.25, -0.2) is 9.97 Å².